The summed E-state index contributed by atoms with van der Waals surface area (Å²) in [7, 11) is -0.952. The van der Waals surface area contributed by atoms with E-state index in [0.717, 1.165) is 35.7 Å². The first-order valence-electron chi connectivity index (χ1n) is 6.95. The van der Waals surface area contributed by atoms with Crippen molar-refractivity contribution in [3.63, 3.8) is 0 Å². The van der Waals surface area contributed by atoms with Gasteiger partial charge in [-0.05, 0) is 37.9 Å². The quantitative estimate of drug-likeness (QED) is 0.874. The molecule has 0 aromatic heterocycles. The van der Waals surface area contributed by atoms with Gasteiger partial charge in [0, 0.05) is 25.7 Å². The molecule has 7 heteroatoms. The van der Waals surface area contributed by atoms with Crippen molar-refractivity contribution in [1.82, 2.24) is 9.62 Å². The average molecular weight is 318 g/mol. The third kappa shape index (κ3) is 3.25. The van der Waals surface area contributed by atoms with Crippen LogP contribution in [0.4, 0.5) is 8.78 Å². The zero-order chi connectivity index (χ0) is 15.6. The minimum Gasteiger partial charge on any atom is -0.315 e. The van der Waals surface area contributed by atoms with E-state index in [-0.39, 0.29) is 12.1 Å². The molecule has 1 saturated carbocycles. The fraction of sp³-hybridized carbons (Fsp3) is 0.571. The molecule has 1 N–H and O–H groups in total. The van der Waals surface area contributed by atoms with Crippen LogP contribution in [0.3, 0.4) is 0 Å². The van der Waals surface area contributed by atoms with Gasteiger partial charge in [-0.3, -0.25) is 0 Å². The van der Waals surface area contributed by atoms with Crippen molar-refractivity contribution in [2.75, 3.05) is 20.6 Å². The number of hydrogen-bond donors (Lipinski definition) is 1. The van der Waals surface area contributed by atoms with Gasteiger partial charge in [0.2, 0.25) is 10.0 Å². The van der Waals surface area contributed by atoms with Crippen molar-refractivity contribution in [3.8, 4) is 0 Å². The van der Waals surface area contributed by atoms with Crippen LogP contribution in [0, 0.1) is 17.6 Å². The third-order valence-corrected chi connectivity index (χ3v) is 5.77. The number of halogens is 2. The Morgan fingerprint density at radius 2 is 2.00 bits per heavy atom. The van der Waals surface area contributed by atoms with Crippen LogP contribution >= 0.6 is 0 Å². The second kappa shape index (κ2) is 6.37. The standard InChI is InChI=1S/C14H20F2N2O2S/c1-17-8-11-12(15)6-7-13(14(11)16)21(19,20)18(2)9-10-4-3-5-10/h6-7,10,17H,3-5,8-9H2,1-2H3. The maximum atomic E-state index is 14.3. The van der Waals surface area contributed by atoms with E-state index in [1.165, 1.54) is 7.05 Å². The van der Waals surface area contributed by atoms with Crippen LogP contribution < -0.4 is 5.32 Å². The Morgan fingerprint density at radius 3 is 2.52 bits per heavy atom. The Labute approximate surface area is 124 Å². The van der Waals surface area contributed by atoms with E-state index in [2.05, 4.69) is 5.32 Å². The summed E-state index contributed by atoms with van der Waals surface area (Å²) in [6.45, 7) is 0.313. The molecule has 0 radical (unpaired) electrons. The molecule has 21 heavy (non-hydrogen) atoms. The fourth-order valence-electron chi connectivity index (χ4n) is 2.42. The predicted molar refractivity (Wildman–Crippen MR) is 76.3 cm³/mol. The molecule has 4 nitrogen and oxygen atoms in total. The van der Waals surface area contributed by atoms with E-state index in [4.69, 9.17) is 0 Å². The highest BCUT2D eigenvalue weighted by atomic mass is 32.2. The minimum absolute atomic E-state index is 0.0621. The maximum Gasteiger partial charge on any atom is 0.245 e. The molecule has 1 fully saturated rings. The molecule has 0 bridgehead atoms. The van der Waals surface area contributed by atoms with E-state index in [1.807, 2.05) is 0 Å². The van der Waals surface area contributed by atoms with Gasteiger partial charge in [0.25, 0.3) is 0 Å². The van der Waals surface area contributed by atoms with Gasteiger partial charge in [-0.15, -0.1) is 0 Å². The summed E-state index contributed by atoms with van der Waals surface area (Å²) >= 11 is 0. The Kier molecular flexibility index (Phi) is 4.95. The van der Waals surface area contributed by atoms with Crippen molar-refractivity contribution in [1.29, 1.82) is 0 Å². The molecule has 0 saturated heterocycles. The molecule has 1 aliphatic rings. The number of sulfonamides is 1. The van der Waals surface area contributed by atoms with Gasteiger partial charge in [-0.1, -0.05) is 6.42 Å². The van der Waals surface area contributed by atoms with Crippen molar-refractivity contribution in [2.45, 2.75) is 30.7 Å². The molecule has 1 aliphatic carbocycles. The van der Waals surface area contributed by atoms with Crippen LogP contribution in [0.25, 0.3) is 0 Å². The van der Waals surface area contributed by atoms with Gasteiger partial charge in [0.05, 0.1) is 0 Å². The largest absolute Gasteiger partial charge is 0.315 e. The fourth-order valence-corrected chi connectivity index (χ4v) is 3.75. The molecule has 2 rings (SSSR count). The molecule has 0 atom stereocenters. The van der Waals surface area contributed by atoms with Gasteiger partial charge in [0.1, 0.15) is 10.7 Å². The van der Waals surface area contributed by atoms with E-state index < -0.39 is 26.6 Å². The predicted octanol–water partition coefficient (Wildman–Crippen LogP) is 2.10. The van der Waals surface area contributed by atoms with Crippen molar-refractivity contribution in [2.24, 2.45) is 5.92 Å². The Hall–Kier alpha value is -1.05. The van der Waals surface area contributed by atoms with Gasteiger partial charge in [-0.2, -0.15) is 0 Å². The Bertz CT molecular complexity index is 616. The number of benzene rings is 1. The number of hydrogen-bond acceptors (Lipinski definition) is 3. The summed E-state index contributed by atoms with van der Waals surface area (Å²) < 4.78 is 54.0. The summed E-state index contributed by atoms with van der Waals surface area (Å²) in [4.78, 5) is -0.462. The summed E-state index contributed by atoms with van der Waals surface area (Å²) in [5, 5.41) is 2.64. The highest BCUT2D eigenvalue weighted by Crippen LogP contribution is 2.29. The lowest BCUT2D eigenvalue weighted by Gasteiger charge is -2.29. The molecule has 0 amide bonds. The smallest absolute Gasteiger partial charge is 0.245 e. The van der Waals surface area contributed by atoms with Gasteiger partial charge in [-0.25, -0.2) is 21.5 Å². The first kappa shape index (κ1) is 16.3. The van der Waals surface area contributed by atoms with Crippen LogP contribution in [0.15, 0.2) is 17.0 Å². The summed E-state index contributed by atoms with van der Waals surface area (Å²) in [6, 6.07) is 2.00. The van der Waals surface area contributed by atoms with E-state index in [9.17, 15) is 17.2 Å². The minimum atomic E-state index is -3.93. The Balaban J connectivity index is 2.32. The number of rotatable bonds is 6. The van der Waals surface area contributed by atoms with Crippen molar-refractivity contribution < 1.29 is 17.2 Å². The number of nitrogens with one attached hydrogen (secondary N) is 1. The zero-order valence-corrected chi connectivity index (χ0v) is 13.0. The molecule has 0 spiro atoms. The van der Waals surface area contributed by atoms with Crippen LogP contribution in [0.1, 0.15) is 24.8 Å². The summed E-state index contributed by atoms with van der Waals surface area (Å²) in [5.74, 6) is -1.42. The summed E-state index contributed by atoms with van der Waals surface area (Å²) in [6.07, 6.45) is 3.10. The van der Waals surface area contributed by atoms with Crippen LogP contribution in [0.2, 0.25) is 0 Å². The van der Waals surface area contributed by atoms with E-state index in [1.54, 1.807) is 7.05 Å². The third-order valence-electron chi connectivity index (χ3n) is 3.93. The van der Waals surface area contributed by atoms with Crippen molar-refractivity contribution in [3.05, 3.63) is 29.3 Å². The van der Waals surface area contributed by atoms with E-state index >= 15 is 0 Å². The Morgan fingerprint density at radius 1 is 1.33 bits per heavy atom. The lowest BCUT2D eigenvalue weighted by molar-refractivity contribution is 0.262. The van der Waals surface area contributed by atoms with Gasteiger partial charge in [0.15, 0.2) is 5.82 Å². The second-order valence-electron chi connectivity index (χ2n) is 5.45. The number of nitrogens with zero attached hydrogens (tertiary/aromatic N) is 1. The SMILES string of the molecule is CNCc1c(F)ccc(S(=O)(=O)N(C)CC2CCC2)c1F. The average Bonchev–Trinajstić information content (AvgIpc) is 2.38. The maximum absolute atomic E-state index is 14.3. The molecule has 118 valence electrons. The first-order chi connectivity index (χ1) is 9.87. The highest BCUT2D eigenvalue weighted by Gasteiger charge is 2.30. The molecule has 0 unspecified atom stereocenters. The zero-order valence-electron chi connectivity index (χ0n) is 12.2. The molecular weight excluding hydrogens is 298 g/mol. The lowest BCUT2D eigenvalue weighted by Crippen LogP contribution is -2.35. The summed E-state index contributed by atoms with van der Waals surface area (Å²) in [5.41, 5.74) is -0.254. The van der Waals surface area contributed by atoms with Gasteiger partial charge < -0.3 is 5.32 Å². The van der Waals surface area contributed by atoms with E-state index in [0.29, 0.717) is 12.5 Å². The molecule has 0 aliphatic heterocycles. The second-order valence-corrected chi connectivity index (χ2v) is 7.46. The van der Waals surface area contributed by atoms with Crippen LogP contribution in [-0.2, 0) is 16.6 Å². The van der Waals surface area contributed by atoms with Crippen molar-refractivity contribution >= 4 is 10.0 Å². The molecule has 0 heterocycles. The molecule has 1 aromatic rings. The molecular formula is C14H20F2N2O2S. The lowest BCUT2D eigenvalue weighted by atomic mass is 9.86. The first-order valence-corrected chi connectivity index (χ1v) is 8.39. The van der Waals surface area contributed by atoms with Gasteiger partial charge >= 0.3 is 0 Å². The van der Waals surface area contributed by atoms with Crippen LogP contribution in [0.5, 0.6) is 0 Å². The highest BCUT2D eigenvalue weighted by molar-refractivity contribution is 7.89. The monoisotopic (exact) mass is 318 g/mol. The topological polar surface area (TPSA) is 49.4 Å². The molecule has 1 aromatic carbocycles. The van der Waals surface area contributed by atoms with Crippen LogP contribution in [-0.4, -0.2) is 33.4 Å². The normalized spacial score (nSPS) is 16.2.